The molecule has 3 heterocycles. The monoisotopic (exact) mass is 551 g/mol. The van der Waals surface area contributed by atoms with E-state index in [9.17, 15) is 30.0 Å². The zero-order valence-corrected chi connectivity index (χ0v) is 20.2. The molecule has 1 aromatic carbocycles. The number of terminal acetylenes is 1. The maximum atomic E-state index is 12.1. The molecule has 37 heavy (non-hydrogen) atoms. The number of carboxylic acid groups (broad SMARTS) is 2. The van der Waals surface area contributed by atoms with Crippen molar-refractivity contribution in [3.63, 3.8) is 0 Å². The van der Waals surface area contributed by atoms with E-state index < -0.39 is 54.6 Å². The summed E-state index contributed by atoms with van der Waals surface area (Å²) < 4.78 is 12.3. The van der Waals surface area contributed by atoms with Crippen LogP contribution in [0.3, 0.4) is 0 Å². The number of halogens is 2. The van der Waals surface area contributed by atoms with Gasteiger partial charge < -0.3 is 35.6 Å². The van der Waals surface area contributed by atoms with Crippen LogP contribution in [0, 0.1) is 12.3 Å². The molecule has 4 atom stereocenters. The number of nitrogen functional groups attached to an aromatic ring is 1. The van der Waals surface area contributed by atoms with Crippen LogP contribution in [0.4, 0.5) is 5.82 Å². The number of benzene rings is 1. The van der Waals surface area contributed by atoms with Crippen molar-refractivity contribution in [1.82, 2.24) is 19.5 Å². The second-order valence-electron chi connectivity index (χ2n) is 8.19. The van der Waals surface area contributed by atoms with Gasteiger partial charge in [-0.3, -0.25) is 4.57 Å². The molecule has 4 rings (SSSR count). The third kappa shape index (κ3) is 4.55. The van der Waals surface area contributed by atoms with Gasteiger partial charge in [0.15, 0.2) is 23.3 Å². The Balaban J connectivity index is 1.66. The Morgan fingerprint density at radius 1 is 1.30 bits per heavy atom. The van der Waals surface area contributed by atoms with Crippen LogP contribution >= 0.6 is 23.2 Å². The van der Waals surface area contributed by atoms with Gasteiger partial charge in [0.2, 0.25) is 5.28 Å². The maximum Gasteiger partial charge on any atom is 0.348 e. The Bertz CT molecular complexity index is 1410. The number of aromatic nitrogens is 4. The van der Waals surface area contributed by atoms with Crippen molar-refractivity contribution in [3.05, 3.63) is 46.5 Å². The molecule has 1 aliphatic rings. The smallest absolute Gasteiger partial charge is 0.348 e. The van der Waals surface area contributed by atoms with Gasteiger partial charge in [0, 0.05) is 11.4 Å². The van der Waals surface area contributed by atoms with Gasteiger partial charge in [-0.15, -0.1) is 6.42 Å². The molecule has 194 valence electrons. The van der Waals surface area contributed by atoms with Crippen LogP contribution in [0.15, 0.2) is 30.6 Å². The molecule has 0 radical (unpaired) electrons. The summed E-state index contributed by atoms with van der Waals surface area (Å²) >= 11 is 11.8. The molecule has 15 heteroatoms. The summed E-state index contributed by atoms with van der Waals surface area (Å²) in [5, 5.41) is 41.6. The Labute approximate surface area is 218 Å². The number of hydrogen-bond donors (Lipinski definition) is 5. The Hall–Kier alpha value is -3.51. The summed E-state index contributed by atoms with van der Waals surface area (Å²) in [5.41, 5.74) is 1.00. The maximum absolute atomic E-state index is 12.1. The zero-order valence-electron chi connectivity index (χ0n) is 18.7. The standard InChI is InChI=1S/C22H19Cl2N5O8/c1-2-21(35)12(8-36-22(18(31)32,19(33)34)7-10-4-3-5-11(23)6-10)37-17(14(21)30)29-9-26-13-15(25)27-20(24)28-16(13)29/h1,3-6,9,12,14,17,30,35H,7-8H2,(H,31,32)(H,33,34)(H2,25,27,28)/t12-,14+,17-,21-/m1/s1. The zero-order chi connectivity index (χ0) is 27.1. The number of nitrogens with zero attached hydrogens (tertiary/aromatic N) is 4. The minimum absolute atomic E-state index is 0.0499. The van der Waals surface area contributed by atoms with Gasteiger partial charge in [0.05, 0.1) is 12.9 Å². The minimum atomic E-state index is -2.80. The number of hydrogen-bond acceptors (Lipinski definition) is 10. The van der Waals surface area contributed by atoms with E-state index in [1.165, 1.54) is 35.2 Å². The highest BCUT2D eigenvalue weighted by molar-refractivity contribution is 6.30. The molecule has 0 bridgehead atoms. The summed E-state index contributed by atoms with van der Waals surface area (Å²) in [4.78, 5) is 36.1. The van der Waals surface area contributed by atoms with Crippen molar-refractivity contribution >= 4 is 52.1 Å². The largest absolute Gasteiger partial charge is 0.479 e. The fourth-order valence-electron chi connectivity index (χ4n) is 3.98. The van der Waals surface area contributed by atoms with E-state index in [1.807, 2.05) is 5.92 Å². The molecule has 1 fully saturated rings. The summed E-state index contributed by atoms with van der Waals surface area (Å²) in [7, 11) is 0. The third-order valence-corrected chi connectivity index (χ3v) is 6.36. The lowest BCUT2D eigenvalue weighted by molar-refractivity contribution is -0.191. The highest BCUT2D eigenvalue weighted by Gasteiger charge is 2.57. The van der Waals surface area contributed by atoms with E-state index in [4.69, 9.17) is 44.8 Å². The molecule has 0 aliphatic carbocycles. The first-order valence-electron chi connectivity index (χ1n) is 10.5. The molecular weight excluding hydrogens is 533 g/mol. The van der Waals surface area contributed by atoms with E-state index >= 15 is 0 Å². The SMILES string of the molecule is C#C[C@@]1(O)[C@@H](COC(Cc2cccc(Cl)c2)(C(=O)O)C(=O)O)O[C@@H](n2cnc3c(N)nc(Cl)nc32)[C@@H]1O. The van der Waals surface area contributed by atoms with Crippen molar-refractivity contribution in [2.45, 2.75) is 36.1 Å². The molecule has 0 saturated carbocycles. The predicted octanol–water partition coefficient (Wildman–Crippen LogP) is 0.505. The van der Waals surface area contributed by atoms with E-state index in [2.05, 4.69) is 15.0 Å². The number of ether oxygens (including phenoxy) is 2. The molecule has 0 amide bonds. The highest BCUT2D eigenvalue weighted by Crippen LogP contribution is 2.39. The fraction of sp³-hybridized carbons (Fsp3) is 0.318. The van der Waals surface area contributed by atoms with Crippen LogP contribution in [0.1, 0.15) is 11.8 Å². The molecule has 0 unspecified atom stereocenters. The first-order chi connectivity index (χ1) is 17.4. The van der Waals surface area contributed by atoms with Gasteiger partial charge in [-0.2, -0.15) is 9.97 Å². The van der Waals surface area contributed by atoms with Crippen LogP contribution in [-0.4, -0.2) is 81.9 Å². The van der Waals surface area contributed by atoms with Crippen molar-refractivity contribution in [3.8, 4) is 12.3 Å². The quantitative estimate of drug-likeness (QED) is 0.147. The molecule has 0 spiro atoms. The molecular formula is C22H19Cl2N5O8. The number of aliphatic hydroxyl groups is 2. The minimum Gasteiger partial charge on any atom is -0.479 e. The number of carboxylic acids is 2. The van der Waals surface area contributed by atoms with Gasteiger partial charge in [0.25, 0.3) is 5.60 Å². The average Bonchev–Trinajstić information content (AvgIpc) is 3.35. The number of aliphatic hydroxyl groups excluding tert-OH is 1. The molecule has 13 nitrogen and oxygen atoms in total. The molecule has 3 aromatic rings. The lowest BCUT2D eigenvalue weighted by atomic mass is 9.92. The van der Waals surface area contributed by atoms with Crippen LogP contribution in [0.25, 0.3) is 11.2 Å². The van der Waals surface area contributed by atoms with E-state index in [-0.39, 0.29) is 32.9 Å². The van der Waals surface area contributed by atoms with Gasteiger partial charge in [-0.05, 0) is 29.3 Å². The van der Waals surface area contributed by atoms with Crippen LogP contribution in [0.2, 0.25) is 10.3 Å². The second-order valence-corrected chi connectivity index (χ2v) is 8.96. The van der Waals surface area contributed by atoms with Crippen LogP contribution in [0.5, 0.6) is 0 Å². The van der Waals surface area contributed by atoms with Crippen molar-refractivity contribution in [2.75, 3.05) is 12.3 Å². The number of anilines is 1. The normalized spacial score (nSPS) is 23.7. The second kappa shape index (κ2) is 9.75. The van der Waals surface area contributed by atoms with E-state index in [0.29, 0.717) is 0 Å². The first-order valence-corrected chi connectivity index (χ1v) is 11.2. The summed E-state index contributed by atoms with van der Waals surface area (Å²) in [6.45, 7) is -0.835. The van der Waals surface area contributed by atoms with Gasteiger partial charge in [0.1, 0.15) is 17.7 Å². The lowest BCUT2D eigenvalue weighted by Gasteiger charge is -2.30. The Morgan fingerprint density at radius 3 is 2.62 bits per heavy atom. The topological polar surface area (TPSA) is 203 Å². The number of imidazole rings is 1. The van der Waals surface area contributed by atoms with Crippen molar-refractivity contribution in [2.24, 2.45) is 0 Å². The van der Waals surface area contributed by atoms with Gasteiger partial charge >= 0.3 is 11.9 Å². The number of aliphatic carboxylic acids is 2. The number of rotatable bonds is 8. The molecule has 1 saturated heterocycles. The molecule has 2 aromatic heterocycles. The summed E-state index contributed by atoms with van der Waals surface area (Å²) in [5.74, 6) is -1.66. The lowest BCUT2D eigenvalue weighted by Crippen LogP contribution is -2.55. The number of carbonyl (C=O) groups is 2. The molecule has 1 aliphatic heterocycles. The molecule has 6 N–H and O–H groups in total. The number of fused-ring (bicyclic) bond motifs is 1. The fourth-order valence-corrected chi connectivity index (χ4v) is 4.37. The van der Waals surface area contributed by atoms with Crippen molar-refractivity contribution < 1.29 is 39.5 Å². The summed E-state index contributed by atoms with van der Waals surface area (Å²) in [6.07, 6.45) is 1.26. The highest BCUT2D eigenvalue weighted by atomic mass is 35.5. The van der Waals surface area contributed by atoms with Gasteiger partial charge in [-0.25, -0.2) is 14.6 Å². The summed E-state index contributed by atoms with van der Waals surface area (Å²) in [6, 6.07) is 5.91. The van der Waals surface area contributed by atoms with Gasteiger partial charge in [-0.1, -0.05) is 29.7 Å². The Morgan fingerprint density at radius 2 is 2.00 bits per heavy atom. The van der Waals surface area contributed by atoms with Crippen LogP contribution in [-0.2, 0) is 25.5 Å². The Kier molecular flexibility index (Phi) is 6.99. The first kappa shape index (κ1) is 26.6. The average molecular weight is 552 g/mol. The predicted molar refractivity (Wildman–Crippen MR) is 128 cm³/mol. The van der Waals surface area contributed by atoms with Crippen molar-refractivity contribution in [1.29, 1.82) is 0 Å². The van der Waals surface area contributed by atoms with Crippen LogP contribution < -0.4 is 5.73 Å². The third-order valence-electron chi connectivity index (χ3n) is 5.96. The van der Waals surface area contributed by atoms with E-state index in [1.54, 1.807) is 0 Å². The van der Waals surface area contributed by atoms with E-state index in [0.717, 1.165) is 0 Å². The number of nitrogens with two attached hydrogens (primary N) is 1.